The SMILES string of the molecule is C=CC(=O)N1CC[C@H](N2CC(c3cc4c(c(C)n3)O[C@@H](C)c3c(C5CCOCC5)ccnc3N4)C2)C1. The van der Waals surface area contributed by atoms with E-state index in [4.69, 9.17) is 19.4 Å². The van der Waals surface area contributed by atoms with Gasteiger partial charge in [0.2, 0.25) is 5.91 Å². The van der Waals surface area contributed by atoms with Gasteiger partial charge in [0.25, 0.3) is 0 Å². The molecule has 1 amide bonds. The number of fused-ring (bicyclic) bond motifs is 2. The number of carbonyl (C=O) groups is 1. The molecular weight excluding hydrogens is 454 g/mol. The lowest BCUT2D eigenvalue weighted by Gasteiger charge is -2.43. The molecule has 0 unspecified atom stereocenters. The van der Waals surface area contributed by atoms with Crippen molar-refractivity contribution in [1.29, 1.82) is 0 Å². The molecule has 3 fully saturated rings. The van der Waals surface area contributed by atoms with Crippen LogP contribution in [0.5, 0.6) is 5.75 Å². The van der Waals surface area contributed by atoms with E-state index in [1.54, 1.807) is 0 Å². The van der Waals surface area contributed by atoms with Gasteiger partial charge in [-0.1, -0.05) is 6.58 Å². The molecule has 3 saturated heterocycles. The summed E-state index contributed by atoms with van der Waals surface area (Å²) in [6.07, 6.45) is 6.29. The Labute approximate surface area is 212 Å². The number of aryl methyl sites for hydroxylation is 1. The topological polar surface area (TPSA) is 79.8 Å². The fourth-order valence-electron chi connectivity index (χ4n) is 6.25. The Morgan fingerprint density at radius 1 is 1.19 bits per heavy atom. The molecule has 4 aliphatic heterocycles. The maximum absolute atomic E-state index is 11.9. The first kappa shape index (κ1) is 23.4. The Morgan fingerprint density at radius 2 is 2.00 bits per heavy atom. The molecule has 0 aliphatic carbocycles. The maximum Gasteiger partial charge on any atom is 0.246 e. The number of likely N-dealkylation sites (tertiary alicyclic amines) is 2. The summed E-state index contributed by atoms with van der Waals surface area (Å²) in [6, 6.07) is 4.73. The quantitative estimate of drug-likeness (QED) is 0.649. The molecule has 0 spiro atoms. The first-order valence-electron chi connectivity index (χ1n) is 13.2. The third kappa shape index (κ3) is 4.16. The first-order valence-corrected chi connectivity index (χ1v) is 13.2. The number of ether oxygens (including phenoxy) is 2. The molecule has 0 aromatic carbocycles. The third-order valence-corrected chi connectivity index (χ3v) is 8.30. The number of aromatic nitrogens is 2. The maximum atomic E-state index is 11.9. The minimum Gasteiger partial charge on any atom is -0.482 e. The number of hydrogen-bond acceptors (Lipinski definition) is 7. The highest BCUT2D eigenvalue weighted by molar-refractivity contribution is 5.87. The van der Waals surface area contributed by atoms with Crippen LogP contribution < -0.4 is 10.1 Å². The highest BCUT2D eigenvalue weighted by Crippen LogP contribution is 2.44. The van der Waals surface area contributed by atoms with E-state index in [9.17, 15) is 4.79 Å². The van der Waals surface area contributed by atoms with E-state index in [0.717, 1.165) is 92.9 Å². The lowest BCUT2D eigenvalue weighted by atomic mass is 9.87. The zero-order valence-corrected chi connectivity index (χ0v) is 21.2. The number of rotatable bonds is 4. The lowest BCUT2D eigenvalue weighted by molar-refractivity contribution is -0.125. The number of anilines is 2. The highest BCUT2D eigenvalue weighted by atomic mass is 16.5. The summed E-state index contributed by atoms with van der Waals surface area (Å²) in [4.78, 5) is 26.0. The smallest absolute Gasteiger partial charge is 0.246 e. The number of nitrogens with one attached hydrogen (secondary N) is 1. The number of amides is 1. The average Bonchev–Trinajstić information content (AvgIpc) is 3.29. The molecule has 4 aliphatic rings. The molecule has 2 atom stereocenters. The summed E-state index contributed by atoms with van der Waals surface area (Å²) in [5, 5.41) is 3.61. The van der Waals surface area contributed by atoms with E-state index in [2.05, 4.69) is 35.9 Å². The molecule has 8 nitrogen and oxygen atoms in total. The van der Waals surface area contributed by atoms with Gasteiger partial charge in [-0.25, -0.2) is 4.98 Å². The van der Waals surface area contributed by atoms with Crippen molar-refractivity contribution in [3.8, 4) is 5.75 Å². The summed E-state index contributed by atoms with van der Waals surface area (Å²) >= 11 is 0. The molecule has 0 radical (unpaired) electrons. The van der Waals surface area contributed by atoms with E-state index >= 15 is 0 Å². The number of pyridine rings is 2. The Balaban J connectivity index is 1.21. The summed E-state index contributed by atoms with van der Waals surface area (Å²) in [5.74, 6) is 2.57. The fraction of sp³-hybridized carbons (Fsp3) is 0.536. The van der Waals surface area contributed by atoms with Crippen molar-refractivity contribution >= 4 is 17.4 Å². The van der Waals surface area contributed by atoms with Gasteiger partial charge in [0, 0.05) is 68.8 Å². The van der Waals surface area contributed by atoms with Gasteiger partial charge in [-0.2, -0.15) is 0 Å². The zero-order valence-electron chi connectivity index (χ0n) is 21.2. The van der Waals surface area contributed by atoms with Crippen molar-refractivity contribution in [2.45, 2.75) is 57.1 Å². The van der Waals surface area contributed by atoms with E-state index < -0.39 is 0 Å². The molecule has 6 rings (SSSR count). The minimum atomic E-state index is -0.116. The van der Waals surface area contributed by atoms with Crippen LogP contribution in [0.3, 0.4) is 0 Å². The van der Waals surface area contributed by atoms with E-state index in [1.165, 1.54) is 11.6 Å². The molecule has 190 valence electrons. The van der Waals surface area contributed by atoms with Crippen LogP contribution >= 0.6 is 0 Å². The summed E-state index contributed by atoms with van der Waals surface area (Å²) in [5.41, 5.74) is 5.41. The van der Waals surface area contributed by atoms with Crippen LogP contribution in [0.25, 0.3) is 0 Å². The van der Waals surface area contributed by atoms with Gasteiger partial charge in [0.1, 0.15) is 11.9 Å². The average molecular weight is 490 g/mol. The highest BCUT2D eigenvalue weighted by Gasteiger charge is 2.39. The molecule has 0 saturated carbocycles. The number of nitrogens with zero attached hydrogens (tertiary/aromatic N) is 4. The van der Waals surface area contributed by atoms with E-state index in [-0.39, 0.29) is 12.0 Å². The monoisotopic (exact) mass is 489 g/mol. The number of carbonyl (C=O) groups excluding carboxylic acids is 1. The van der Waals surface area contributed by atoms with Gasteiger partial charge < -0.3 is 19.7 Å². The summed E-state index contributed by atoms with van der Waals surface area (Å²) < 4.78 is 12.1. The summed E-state index contributed by atoms with van der Waals surface area (Å²) in [7, 11) is 0. The Bertz CT molecular complexity index is 1170. The molecule has 8 heteroatoms. The van der Waals surface area contributed by atoms with Gasteiger partial charge in [-0.05, 0) is 62.8 Å². The zero-order chi connectivity index (χ0) is 24.8. The predicted molar refractivity (Wildman–Crippen MR) is 138 cm³/mol. The minimum absolute atomic E-state index is 0.0341. The van der Waals surface area contributed by atoms with Crippen LogP contribution in [0, 0.1) is 6.92 Å². The second kappa shape index (κ2) is 9.48. The van der Waals surface area contributed by atoms with Crippen molar-refractivity contribution in [2.75, 3.05) is 44.7 Å². The lowest BCUT2D eigenvalue weighted by Crippen LogP contribution is -2.52. The van der Waals surface area contributed by atoms with Gasteiger partial charge in [0.05, 0.1) is 11.4 Å². The van der Waals surface area contributed by atoms with Gasteiger partial charge in [-0.3, -0.25) is 14.7 Å². The summed E-state index contributed by atoms with van der Waals surface area (Å²) in [6.45, 7) is 12.9. The molecule has 2 aromatic rings. The third-order valence-electron chi connectivity index (χ3n) is 8.30. The van der Waals surface area contributed by atoms with Crippen LogP contribution in [-0.2, 0) is 9.53 Å². The molecule has 2 aromatic heterocycles. The molecular formula is C28H35N5O3. The molecule has 36 heavy (non-hydrogen) atoms. The second-order valence-electron chi connectivity index (χ2n) is 10.5. The first-order chi connectivity index (χ1) is 17.5. The second-order valence-corrected chi connectivity index (χ2v) is 10.5. The predicted octanol–water partition coefficient (Wildman–Crippen LogP) is 4.06. The van der Waals surface area contributed by atoms with Crippen molar-refractivity contribution in [1.82, 2.24) is 19.8 Å². The van der Waals surface area contributed by atoms with Gasteiger partial charge in [-0.15, -0.1) is 0 Å². The van der Waals surface area contributed by atoms with Crippen LogP contribution in [-0.4, -0.2) is 71.1 Å². The van der Waals surface area contributed by atoms with E-state index in [0.29, 0.717) is 17.9 Å². The van der Waals surface area contributed by atoms with Crippen molar-refractivity contribution in [2.24, 2.45) is 0 Å². The molecule has 1 N–H and O–H groups in total. The standard InChI is InChI=1S/C28H35N5O3/c1-4-25(34)32-10-6-21(16-32)33-14-20(15-33)23-13-24-27(17(2)30-23)36-18(3)26-22(5-9-29-28(26)31-24)19-7-11-35-12-8-19/h4-5,9,13,18-21H,1,6-8,10-12,14-16H2,2-3H3,(H,29,31)/t18-,21-/m0/s1. The van der Waals surface area contributed by atoms with Crippen molar-refractivity contribution < 1.29 is 14.3 Å². The van der Waals surface area contributed by atoms with Crippen LogP contribution in [0.4, 0.5) is 11.5 Å². The van der Waals surface area contributed by atoms with E-state index in [1.807, 2.05) is 18.0 Å². The van der Waals surface area contributed by atoms with Crippen LogP contribution in [0.15, 0.2) is 31.0 Å². The molecule has 0 bridgehead atoms. The van der Waals surface area contributed by atoms with Crippen LogP contribution in [0.2, 0.25) is 0 Å². The Morgan fingerprint density at radius 3 is 2.78 bits per heavy atom. The van der Waals surface area contributed by atoms with Crippen molar-refractivity contribution in [3.63, 3.8) is 0 Å². The number of hydrogen-bond donors (Lipinski definition) is 1. The van der Waals surface area contributed by atoms with Crippen molar-refractivity contribution in [3.05, 3.63) is 53.5 Å². The Hall–Kier alpha value is -2.97. The van der Waals surface area contributed by atoms with Gasteiger partial charge in [0.15, 0.2) is 5.75 Å². The normalized spacial score (nSPS) is 24.7. The molecule has 6 heterocycles. The van der Waals surface area contributed by atoms with Gasteiger partial charge >= 0.3 is 0 Å². The largest absolute Gasteiger partial charge is 0.482 e. The van der Waals surface area contributed by atoms with Crippen LogP contribution in [0.1, 0.15) is 66.6 Å². The fourth-order valence-corrected chi connectivity index (χ4v) is 6.25. The Kier molecular flexibility index (Phi) is 6.17.